The number of likely N-dealkylation sites (tertiary alicyclic amines) is 1. The van der Waals surface area contributed by atoms with Gasteiger partial charge >= 0.3 is 0 Å². The quantitative estimate of drug-likeness (QED) is 0.603. The van der Waals surface area contributed by atoms with Crippen LogP contribution in [0.3, 0.4) is 0 Å². The number of hydrogen-bond donors (Lipinski definition) is 1. The van der Waals surface area contributed by atoms with Gasteiger partial charge in [0.1, 0.15) is 5.75 Å². The third-order valence-electron chi connectivity index (χ3n) is 5.97. The number of carbonyl (C=O) groups excluding carboxylic acids is 3. The molecule has 1 atom stereocenters. The van der Waals surface area contributed by atoms with Gasteiger partial charge in [0.05, 0.1) is 13.0 Å². The lowest BCUT2D eigenvalue weighted by Crippen LogP contribution is -2.43. The van der Waals surface area contributed by atoms with E-state index in [2.05, 4.69) is 5.32 Å². The number of rotatable bonds is 5. The van der Waals surface area contributed by atoms with Gasteiger partial charge in [-0.2, -0.15) is 0 Å². The molecule has 0 saturated carbocycles. The Morgan fingerprint density at radius 2 is 1.69 bits per heavy atom. The first-order valence-corrected chi connectivity index (χ1v) is 10.7. The summed E-state index contributed by atoms with van der Waals surface area (Å²) in [6.07, 6.45) is 1.49. The number of amides is 2. The molecule has 1 N–H and O–H groups in total. The van der Waals surface area contributed by atoms with Crippen LogP contribution in [0, 0.1) is 5.92 Å². The SMILES string of the molecule is COc1ccc(C(=O)N2CCC[C@@H](C(=O)Nc3ccc(C(C)=O)cc3)C2)c2ccccc12. The first-order valence-electron chi connectivity index (χ1n) is 10.7. The number of nitrogens with zero attached hydrogens (tertiary/aromatic N) is 1. The molecule has 0 spiro atoms. The topological polar surface area (TPSA) is 75.7 Å². The molecular formula is C26H26N2O4. The van der Waals surface area contributed by atoms with Gasteiger partial charge in [-0.05, 0) is 61.5 Å². The van der Waals surface area contributed by atoms with Gasteiger partial charge in [-0.15, -0.1) is 0 Å². The Labute approximate surface area is 187 Å². The molecule has 4 rings (SSSR count). The zero-order valence-corrected chi connectivity index (χ0v) is 18.3. The highest BCUT2D eigenvalue weighted by Gasteiger charge is 2.29. The lowest BCUT2D eigenvalue weighted by Gasteiger charge is -2.32. The van der Waals surface area contributed by atoms with E-state index in [4.69, 9.17) is 4.74 Å². The highest BCUT2D eigenvalue weighted by molar-refractivity contribution is 6.09. The van der Waals surface area contributed by atoms with E-state index in [1.807, 2.05) is 30.3 Å². The summed E-state index contributed by atoms with van der Waals surface area (Å²) in [6, 6.07) is 18.1. The number of carbonyl (C=O) groups is 3. The molecule has 1 aliphatic heterocycles. The summed E-state index contributed by atoms with van der Waals surface area (Å²) in [5.74, 6) is 0.230. The van der Waals surface area contributed by atoms with Gasteiger partial charge < -0.3 is 15.0 Å². The van der Waals surface area contributed by atoms with Gasteiger partial charge in [-0.25, -0.2) is 0 Å². The van der Waals surface area contributed by atoms with E-state index in [-0.39, 0.29) is 23.5 Å². The van der Waals surface area contributed by atoms with Gasteiger partial charge in [-0.3, -0.25) is 14.4 Å². The summed E-state index contributed by atoms with van der Waals surface area (Å²) < 4.78 is 5.44. The molecule has 6 nitrogen and oxygen atoms in total. The van der Waals surface area contributed by atoms with Crippen molar-refractivity contribution in [2.75, 3.05) is 25.5 Å². The van der Waals surface area contributed by atoms with Crippen molar-refractivity contribution in [1.82, 2.24) is 4.90 Å². The number of nitrogens with one attached hydrogen (secondary N) is 1. The molecule has 3 aromatic rings. The number of ether oxygens (including phenoxy) is 1. The fraction of sp³-hybridized carbons (Fsp3) is 0.269. The number of anilines is 1. The maximum absolute atomic E-state index is 13.4. The Balaban J connectivity index is 1.49. The Bertz CT molecular complexity index is 1170. The predicted molar refractivity (Wildman–Crippen MR) is 124 cm³/mol. The number of fused-ring (bicyclic) bond motifs is 1. The average molecular weight is 431 g/mol. The fourth-order valence-electron chi connectivity index (χ4n) is 4.21. The van der Waals surface area contributed by atoms with E-state index >= 15 is 0 Å². The lowest BCUT2D eigenvalue weighted by molar-refractivity contribution is -0.121. The van der Waals surface area contributed by atoms with Crippen molar-refractivity contribution in [3.63, 3.8) is 0 Å². The van der Waals surface area contributed by atoms with Crippen LogP contribution in [-0.2, 0) is 4.79 Å². The summed E-state index contributed by atoms with van der Waals surface area (Å²) in [5.41, 5.74) is 1.86. The number of ketones is 1. The van der Waals surface area contributed by atoms with E-state index in [1.165, 1.54) is 6.92 Å². The van der Waals surface area contributed by atoms with Crippen molar-refractivity contribution in [2.45, 2.75) is 19.8 Å². The normalized spacial score (nSPS) is 15.9. The standard InChI is InChI=1S/C26H26N2O4/c1-17(29)18-9-11-20(12-10-18)27-25(30)19-6-5-15-28(16-19)26(31)23-13-14-24(32-2)22-8-4-3-7-21(22)23/h3-4,7-14,19H,5-6,15-16H2,1-2H3,(H,27,30)/t19-/m1/s1. The van der Waals surface area contributed by atoms with Gasteiger partial charge in [0.2, 0.25) is 5.91 Å². The van der Waals surface area contributed by atoms with E-state index < -0.39 is 0 Å². The van der Waals surface area contributed by atoms with Crippen LogP contribution in [0.1, 0.15) is 40.5 Å². The Morgan fingerprint density at radius 3 is 2.38 bits per heavy atom. The van der Waals surface area contributed by atoms with Crippen LogP contribution < -0.4 is 10.1 Å². The number of benzene rings is 3. The highest BCUT2D eigenvalue weighted by Crippen LogP contribution is 2.30. The van der Waals surface area contributed by atoms with Crippen LogP contribution >= 0.6 is 0 Å². The maximum atomic E-state index is 13.4. The van der Waals surface area contributed by atoms with Crippen molar-refractivity contribution in [3.8, 4) is 5.75 Å². The number of piperidine rings is 1. The minimum Gasteiger partial charge on any atom is -0.496 e. The second-order valence-corrected chi connectivity index (χ2v) is 8.07. The molecule has 1 aliphatic rings. The average Bonchev–Trinajstić information content (AvgIpc) is 2.83. The number of methoxy groups -OCH3 is 1. The Kier molecular flexibility index (Phi) is 6.21. The minimum absolute atomic E-state index is 0.0182. The largest absolute Gasteiger partial charge is 0.496 e. The molecule has 0 unspecified atom stereocenters. The van der Waals surface area contributed by atoms with Gasteiger partial charge in [0.25, 0.3) is 5.91 Å². The van der Waals surface area contributed by atoms with Crippen molar-refractivity contribution in [3.05, 3.63) is 71.8 Å². The van der Waals surface area contributed by atoms with Gasteiger partial charge in [0.15, 0.2) is 5.78 Å². The molecule has 0 aliphatic carbocycles. The van der Waals surface area contributed by atoms with Gasteiger partial charge in [-0.1, -0.05) is 24.3 Å². The Hall–Kier alpha value is -3.67. The summed E-state index contributed by atoms with van der Waals surface area (Å²) in [6.45, 7) is 2.50. The van der Waals surface area contributed by atoms with Crippen LogP contribution in [0.15, 0.2) is 60.7 Å². The van der Waals surface area contributed by atoms with Crippen molar-refractivity contribution in [1.29, 1.82) is 0 Å². The summed E-state index contributed by atoms with van der Waals surface area (Å²) in [7, 11) is 1.62. The fourth-order valence-corrected chi connectivity index (χ4v) is 4.21. The molecule has 0 radical (unpaired) electrons. The molecule has 2 amide bonds. The van der Waals surface area contributed by atoms with Crippen molar-refractivity contribution in [2.24, 2.45) is 5.92 Å². The second kappa shape index (κ2) is 9.22. The molecule has 0 aromatic heterocycles. The molecule has 3 aromatic carbocycles. The van der Waals surface area contributed by atoms with Crippen LogP contribution in [-0.4, -0.2) is 42.7 Å². The smallest absolute Gasteiger partial charge is 0.254 e. The number of Topliss-reactive ketones (excluding diaryl/α,β-unsaturated/α-hetero) is 1. The second-order valence-electron chi connectivity index (χ2n) is 8.07. The summed E-state index contributed by atoms with van der Waals surface area (Å²) in [5, 5.41) is 4.65. The molecule has 32 heavy (non-hydrogen) atoms. The molecule has 6 heteroatoms. The van der Waals surface area contributed by atoms with E-state index in [0.717, 1.165) is 29.4 Å². The maximum Gasteiger partial charge on any atom is 0.254 e. The molecule has 164 valence electrons. The minimum atomic E-state index is -0.287. The van der Waals surface area contributed by atoms with E-state index in [9.17, 15) is 14.4 Å². The van der Waals surface area contributed by atoms with Crippen LogP contribution in [0.25, 0.3) is 10.8 Å². The molecule has 0 bridgehead atoms. The van der Waals surface area contributed by atoms with Gasteiger partial charge in [0, 0.05) is 35.3 Å². The van der Waals surface area contributed by atoms with Crippen LogP contribution in [0.5, 0.6) is 5.75 Å². The zero-order chi connectivity index (χ0) is 22.7. The third kappa shape index (κ3) is 4.35. The van der Waals surface area contributed by atoms with Crippen LogP contribution in [0.2, 0.25) is 0 Å². The highest BCUT2D eigenvalue weighted by atomic mass is 16.5. The Morgan fingerprint density at radius 1 is 0.969 bits per heavy atom. The molecule has 1 fully saturated rings. The first-order chi connectivity index (χ1) is 15.5. The summed E-state index contributed by atoms with van der Waals surface area (Å²) >= 11 is 0. The molecule has 1 heterocycles. The monoisotopic (exact) mass is 430 g/mol. The van der Waals surface area contributed by atoms with Crippen molar-refractivity contribution >= 4 is 34.1 Å². The van der Waals surface area contributed by atoms with Crippen LogP contribution in [0.4, 0.5) is 5.69 Å². The lowest BCUT2D eigenvalue weighted by atomic mass is 9.95. The van der Waals surface area contributed by atoms with E-state index in [1.54, 1.807) is 42.3 Å². The predicted octanol–water partition coefficient (Wildman–Crippen LogP) is 4.54. The molecular weight excluding hydrogens is 404 g/mol. The van der Waals surface area contributed by atoms with Crippen molar-refractivity contribution < 1.29 is 19.1 Å². The van der Waals surface area contributed by atoms with E-state index in [0.29, 0.717) is 29.9 Å². The number of hydrogen-bond acceptors (Lipinski definition) is 4. The third-order valence-corrected chi connectivity index (χ3v) is 5.97. The zero-order valence-electron chi connectivity index (χ0n) is 18.3. The summed E-state index contributed by atoms with van der Waals surface area (Å²) in [4.78, 5) is 39.4. The first kappa shape index (κ1) is 21.6. The molecule has 1 saturated heterocycles.